The van der Waals surface area contributed by atoms with Crippen molar-refractivity contribution in [3.05, 3.63) is 35.9 Å². The van der Waals surface area contributed by atoms with Crippen LogP contribution in [0.2, 0.25) is 0 Å². The van der Waals surface area contributed by atoms with Gasteiger partial charge in [-0.05, 0) is 18.4 Å². The minimum absolute atomic E-state index is 0.109. The van der Waals surface area contributed by atoms with Crippen molar-refractivity contribution in [1.82, 2.24) is 4.90 Å². The van der Waals surface area contributed by atoms with Crippen LogP contribution in [0, 0.1) is 0 Å². The number of rotatable bonds is 4. The van der Waals surface area contributed by atoms with E-state index < -0.39 is 30.1 Å². The minimum Gasteiger partial charge on any atom is -0.480 e. The number of hydrogen-bond donors (Lipinski definition) is 3. The molecule has 2 atom stereocenters. The van der Waals surface area contributed by atoms with Crippen molar-refractivity contribution in [1.29, 1.82) is 0 Å². The molecule has 1 fully saturated rings. The summed E-state index contributed by atoms with van der Waals surface area (Å²) in [5.74, 6) is -1.88. The number of carboxylic acids is 1. The maximum absolute atomic E-state index is 12.3. The Balaban J connectivity index is 2.24. The van der Waals surface area contributed by atoms with Crippen LogP contribution in [0.3, 0.4) is 0 Å². The van der Waals surface area contributed by atoms with E-state index in [1.165, 1.54) is 0 Å². The van der Waals surface area contributed by atoms with Gasteiger partial charge in [0.1, 0.15) is 12.6 Å². The van der Waals surface area contributed by atoms with Crippen LogP contribution in [-0.2, 0) is 9.59 Å². The molecule has 3 N–H and O–H groups in total. The summed E-state index contributed by atoms with van der Waals surface area (Å²) in [6, 6.07) is 8.40. The van der Waals surface area contributed by atoms with E-state index in [4.69, 9.17) is 5.11 Å². The highest BCUT2D eigenvalue weighted by Gasteiger charge is 2.48. The first-order valence-corrected chi connectivity index (χ1v) is 6.41. The van der Waals surface area contributed by atoms with Gasteiger partial charge in [-0.1, -0.05) is 30.3 Å². The van der Waals surface area contributed by atoms with E-state index >= 15 is 0 Å². The number of amides is 1. The van der Waals surface area contributed by atoms with Crippen LogP contribution < -0.4 is 0 Å². The van der Waals surface area contributed by atoms with Crippen molar-refractivity contribution >= 4 is 11.9 Å². The molecule has 0 aliphatic carbocycles. The molecule has 0 spiro atoms. The summed E-state index contributed by atoms with van der Waals surface area (Å²) >= 11 is 0. The molecule has 2 rings (SSSR count). The molecule has 1 amide bonds. The fourth-order valence-electron chi connectivity index (χ4n) is 2.50. The molecule has 1 saturated heterocycles. The number of carbonyl (C=O) groups is 2. The normalized spacial score (nSPS) is 24.5. The number of benzene rings is 1. The minimum atomic E-state index is -1.96. The first-order chi connectivity index (χ1) is 9.45. The molecule has 1 aromatic rings. The number of hydrogen-bond acceptors (Lipinski definition) is 4. The summed E-state index contributed by atoms with van der Waals surface area (Å²) in [6.07, 6.45) is -0.815. The zero-order chi connectivity index (χ0) is 14.8. The van der Waals surface area contributed by atoms with Crippen molar-refractivity contribution in [3.8, 4) is 0 Å². The summed E-state index contributed by atoms with van der Waals surface area (Å²) in [5, 5.41) is 29.6. The Labute approximate surface area is 116 Å². The molecule has 20 heavy (non-hydrogen) atoms. The number of nitrogens with zero attached hydrogens (tertiary/aromatic N) is 1. The molecule has 0 radical (unpaired) electrons. The number of piperidine rings is 1. The standard InChI is InChI=1S/C14H17NO5/c16-11(17)9-15-8-4-7-14(20,13(15)19)12(18)10-5-2-1-3-6-10/h1-3,5-6,12,18,20H,4,7-9H2,(H,16,17)/t12-,14+/m0/s1. The van der Waals surface area contributed by atoms with Gasteiger partial charge < -0.3 is 20.2 Å². The van der Waals surface area contributed by atoms with Gasteiger partial charge in [0.05, 0.1) is 0 Å². The van der Waals surface area contributed by atoms with Crippen LogP contribution in [-0.4, -0.2) is 50.8 Å². The van der Waals surface area contributed by atoms with Gasteiger partial charge >= 0.3 is 5.97 Å². The Hall–Kier alpha value is -1.92. The lowest BCUT2D eigenvalue weighted by Gasteiger charge is -2.40. The molecule has 108 valence electrons. The summed E-state index contributed by atoms with van der Waals surface area (Å²) in [5.41, 5.74) is -1.53. The Morgan fingerprint density at radius 1 is 1.35 bits per heavy atom. The molecule has 0 saturated carbocycles. The van der Waals surface area contributed by atoms with Crippen LogP contribution in [0.25, 0.3) is 0 Å². The summed E-state index contributed by atoms with van der Waals surface area (Å²) in [4.78, 5) is 24.0. The highest BCUT2D eigenvalue weighted by Crippen LogP contribution is 2.34. The van der Waals surface area contributed by atoms with Crippen LogP contribution in [0.1, 0.15) is 24.5 Å². The van der Waals surface area contributed by atoms with Crippen molar-refractivity contribution in [2.45, 2.75) is 24.5 Å². The van der Waals surface area contributed by atoms with Gasteiger partial charge in [-0.3, -0.25) is 9.59 Å². The fourth-order valence-corrected chi connectivity index (χ4v) is 2.50. The third kappa shape index (κ3) is 2.66. The van der Waals surface area contributed by atoms with Crippen LogP contribution in [0.5, 0.6) is 0 Å². The van der Waals surface area contributed by atoms with E-state index in [9.17, 15) is 19.8 Å². The van der Waals surface area contributed by atoms with E-state index in [0.717, 1.165) is 4.90 Å². The van der Waals surface area contributed by atoms with Crippen molar-refractivity contribution < 1.29 is 24.9 Å². The number of aliphatic hydroxyl groups is 2. The first-order valence-electron chi connectivity index (χ1n) is 6.41. The van der Waals surface area contributed by atoms with Gasteiger partial charge in [-0.25, -0.2) is 0 Å². The molecule has 1 aliphatic rings. The molecular formula is C14H17NO5. The predicted molar refractivity (Wildman–Crippen MR) is 69.8 cm³/mol. The average molecular weight is 279 g/mol. The van der Waals surface area contributed by atoms with Gasteiger partial charge in [0, 0.05) is 6.54 Å². The van der Waals surface area contributed by atoms with Crippen LogP contribution >= 0.6 is 0 Å². The first kappa shape index (κ1) is 14.5. The monoisotopic (exact) mass is 279 g/mol. The summed E-state index contributed by atoms with van der Waals surface area (Å²) in [7, 11) is 0. The quantitative estimate of drug-likeness (QED) is 0.729. The third-order valence-electron chi connectivity index (χ3n) is 3.54. The topological polar surface area (TPSA) is 98.1 Å². The van der Waals surface area contributed by atoms with Gasteiger partial charge in [0.15, 0.2) is 5.60 Å². The van der Waals surface area contributed by atoms with Gasteiger partial charge in [-0.15, -0.1) is 0 Å². The molecule has 0 unspecified atom stereocenters. The Morgan fingerprint density at radius 2 is 2.00 bits per heavy atom. The lowest BCUT2D eigenvalue weighted by Crippen LogP contribution is -2.57. The molecule has 1 aromatic carbocycles. The second-order valence-electron chi connectivity index (χ2n) is 4.96. The maximum Gasteiger partial charge on any atom is 0.323 e. The van der Waals surface area contributed by atoms with Gasteiger partial charge in [0.25, 0.3) is 5.91 Å². The van der Waals surface area contributed by atoms with Crippen molar-refractivity contribution in [3.63, 3.8) is 0 Å². The number of aliphatic hydroxyl groups excluding tert-OH is 1. The van der Waals surface area contributed by atoms with E-state index in [-0.39, 0.29) is 13.0 Å². The second-order valence-corrected chi connectivity index (χ2v) is 4.96. The van der Waals surface area contributed by atoms with Crippen LogP contribution in [0.15, 0.2) is 30.3 Å². The molecule has 6 heteroatoms. The number of likely N-dealkylation sites (tertiary alicyclic amines) is 1. The molecular weight excluding hydrogens is 262 g/mol. The summed E-state index contributed by atoms with van der Waals surface area (Å²) < 4.78 is 0. The van der Waals surface area contributed by atoms with E-state index in [1.54, 1.807) is 30.3 Å². The average Bonchev–Trinajstić information content (AvgIpc) is 2.44. The molecule has 0 aromatic heterocycles. The molecule has 0 bridgehead atoms. The molecule has 6 nitrogen and oxygen atoms in total. The SMILES string of the molecule is O=C(O)CN1CCC[C@@](O)([C@@H](O)c2ccccc2)C1=O. The predicted octanol–water partition coefficient (Wildman–Crippen LogP) is 0.158. The second kappa shape index (κ2) is 5.60. The lowest BCUT2D eigenvalue weighted by molar-refractivity contribution is -0.175. The Bertz CT molecular complexity index is 504. The van der Waals surface area contributed by atoms with E-state index in [2.05, 4.69) is 0 Å². The Kier molecular flexibility index (Phi) is 4.06. The van der Waals surface area contributed by atoms with E-state index in [0.29, 0.717) is 12.0 Å². The highest BCUT2D eigenvalue weighted by molar-refractivity contribution is 5.89. The fraction of sp³-hybridized carbons (Fsp3) is 0.429. The maximum atomic E-state index is 12.3. The van der Waals surface area contributed by atoms with Gasteiger partial charge in [-0.2, -0.15) is 0 Å². The largest absolute Gasteiger partial charge is 0.480 e. The number of aliphatic carboxylic acids is 1. The van der Waals surface area contributed by atoms with E-state index in [1.807, 2.05) is 0 Å². The number of carbonyl (C=O) groups excluding carboxylic acids is 1. The third-order valence-corrected chi connectivity index (χ3v) is 3.54. The van der Waals surface area contributed by atoms with Crippen LogP contribution in [0.4, 0.5) is 0 Å². The van der Waals surface area contributed by atoms with Gasteiger partial charge in [0.2, 0.25) is 0 Å². The summed E-state index contributed by atoms with van der Waals surface area (Å²) in [6.45, 7) is -0.197. The molecule has 1 heterocycles. The number of carboxylic acid groups (broad SMARTS) is 1. The Morgan fingerprint density at radius 3 is 2.60 bits per heavy atom. The smallest absolute Gasteiger partial charge is 0.323 e. The lowest BCUT2D eigenvalue weighted by atomic mass is 9.83. The highest BCUT2D eigenvalue weighted by atomic mass is 16.4. The van der Waals surface area contributed by atoms with Crippen molar-refractivity contribution in [2.75, 3.05) is 13.1 Å². The van der Waals surface area contributed by atoms with Crippen molar-refractivity contribution in [2.24, 2.45) is 0 Å². The molecule has 1 aliphatic heterocycles. The zero-order valence-electron chi connectivity index (χ0n) is 10.9. The zero-order valence-corrected chi connectivity index (χ0v) is 10.9.